The summed E-state index contributed by atoms with van der Waals surface area (Å²) in [6.45, 7) is 6.44. The van der Waals surface area contributed by atoms with E-state index in [-0.39, 0.29) is 11.2 Å². The van der Waals surface area contributed by atoms with Gasteiger partial charge in [-0.15, -0.1) is 0 Å². The minimum Gasteiger partial charge on any atom is -0.281 e. The highest BCUT2D eigenvalue weighted by Crippen LogP contribution is 2.36. The minimum atomic E-state index is -1.07. The number of fused-ring (bicyclic) bond motifs is 2. The van der Waals surface area contributed by atoms with E-state index in [1.165, 1.54) is 11.1 Å². The zero-order chi connectivity index (χ0) is 18.4. The van der Waals surface area contributed by atoms with Crippen LogP contribution in [0.3, 0.4) is 0 Å². The van der Waals surface area contributed by atoms with E-state index >= 15 is 0 Å². The van der Waals surface area contributed by atoms with E-state index in [2.05, 4.69) is 41.2 Å². The van der Waals surface area contributed by atoms with Gasteiger partial charge in [0.05, 0.1) is 27.9 Å². The van der Waals surface area contributed by atoms with E-state index < -0.39 is 21.6 Å². The molecule has 2 aliphatic heterocycles. The lowest BCUT2D eigenvalue weighted by molar-refractivity contribution is 0.565. The molecule has 0 bridgehead atoms. The monoisotopic (exact) mass is 394 g/mol. The molecule has 2 aromatic rings. The summed E-state index contributed by atoms with van der Waals surface area (Å²) in [5, 5.41) is 16.0. The predicted octanol–water partition coefficient (Wildman–Crippen LogP) is 2.68. The van der Waals surface area contributed by atoms with Gasteiger partial charge in [0.1, 0.15) is 0 Å². The summed E-state index contributed by atoms with van der Waals surface area (Å²) < 4.78 is 24.8. The van der Waals surface area contributed by atoms with Gasteiger partial charge in [-0.2, -0.15) is 10.2 Å². The second-order valence-corrected chi connectivity index (χ2v) is 11.0. The Morgan fingerprint density at radius 1 is 1.12 bits per heavy atom. The molecule has 4 rings (SSSR count). The van der Waals surface area contributed by atoms with Crippen molar-refractivity contribution >= 4 is 21.6 Å². The van der Waals surface area contributed by atoms with E-state index in [0.29, 0.717) is 11.7 Å². The number of aromatic amines is 2. The normalized spacial score (nSPS) is 26.5. The first-order chi connectivity index (χ1) is 12.5. The maximum atomic E-state index is 13.0. The molecule has 0 saturated heterocycles. The standard InChI is InChI=1S/C18H26N4O2S2/c1-10(2)16-14-5-4-12(26(24)18(14)22-20-16)8-11(3)17-13-6-7-25(23)9-15(13)19-21-17/h10-12H,4-9H2,1-3H3,(H,19,21)(H,20,22). The van der Waals surface area contributed by atoms with Crippen LogP contribution in [0, 0.1) is 0 Å². The average Bonchev–Trinajstić information content (AvgIpc) is 3.21. The van der Waals surface area contributed by atoms with Crippen LogP contribution in [0.4, 0.5) is 0 Å². The van der Waals surface area contributed by atoms with Crippen LogP contribution in [0.15, 0.2) is 5.03 Å². The second kappa shape index (κ2) is 7.03. The summed E-state index contributed by atoms with van der Waals surface area (Å²) in [5.74, 6) is 1.91. The third kappa shape index (κ3) is 3.11. The van der Waals surface area contributed by atoms with Crippen molar-refractivity contribution in [3.63, 3.8) is 0 Å². The van der Waals surface area contributed by atoms with Crippen molar-refractivity contribution in [1.82, 2.24) is 20.4 Å². The molecule has 0 amide bonds. The van der Waals surface area contributed by atoms with Gasteiger partial charge in [0.15, 0.2) is 5.03 Å². The Morgan fingerprint density at radius 3 is 2.69 bits per heavy atom. The Kier molecular flexibility index (Phi) is 4.90. The molecule has 4 atom stereocenters. The lowest BCUT2D eigenvalue weighted by Crippen LogP contribution is -2.25. The van der Waals surface area contributed by atoms with Crippen molar-refractivity contribution in [1.29, 1.82) is 0 Å². The lowest BCUT2D eigenvalue weighted by atomic mass is 9.93. The Labute approximate surface area is 158 Å². The molecule has 4 unspecified atom stereocenters. The molecule has 2 aliphatic rings. The van der Waals surface area contributed by atoms with Gasteiger partial charge in [0.25, 0.3) is 0 Å². The smallest absolute Gasteiger partial charge is 0.152 e. The van der Waals surface area contributed by atoms with Gasteiger partial charge in [-0.25, -0.2) is 0 Å². The third-order valence-electron chi connectivity index (χ3n) is 5.60. The highest BCUT2D eigenvalue weighted by Gasteiger charge is 2.33. The van der Waals surface area contributed by atoms with Gasteiger partial charge in [0, 0.05) is 39.0 Å². The predicted molar refractivity (Wildman–Crippen MR) is 103 cm³/mol. The quantitative estimate of drug-likeness (QED) is 0.834. The molecule has 2 aromatic heterocycles. The molecule has 26 heavy (non-hydrogen) atoms. The van der Waals surface area contributed by atoms with Gasteiger partial charge in [-0.05, 0) is 37.2 Å². The van der Waals surface area contributed by atoms with E-state index in [1.807, 2.05) is 0 Å². The topological polar surface area (TPSA) is 91.5 Å². The molecule has 0 saturated carbocycles. The van der Waals surface area contributed by atoms with E-state index in [4.69, 9.17) is 0 Å². The van der Waals surface area contributed by atoms with Crippen LogP contribution >= 0.6 is 0 Å². The number of nitrogens with one attached hydrogen (secondary N) is 2. The summed E-state index contributed by atoms with van der Waals surface area (Å²) in [5.41, 5.74) is 5.64. The number of aromatic nitrogens is 4. The zero-order valence-corrected chi connectivity index (χ0v) is 17.1. The maximum Gasteiger partial charge on any atom is 0.152 e. The van der Waals surface area contributed by atoms with Crippen molar-refractivity contribution in [2.24, 2.45) is 0 Å². The van der Waals surface area contributed by atoms with Crippen LogP contribution in [-0.4, -0.2) is 39.8 Å². The average molecular weight is 395 g/mol. The zero-order valence-electron chi connectivity index (χ0n) is 15.5. The van der Waals surface area contributed by atoms with E-state index in [9.17, 15) is 8.42 Å². The highest BCUT2D eigenvalue weighted by molar-refractivity contribution is 7.85. The minimum absolute atomic E-state index is 0.117. The van der Waals surface area contributed by atoms with Gasteiger partial charge < -0.3 is 0 Å². The number of hydrogen-bond donors (Lipinski definition) is 2. The largest absolute Gasteiger partial charge is 0.281 e. The number of hydrogen-bond acceptors (Lipinski definition) is 4. The molecule has 0 spiro atoms. The lowest BCUT2D eigenvalue weighted by Gasteiger charge is -2.24. The first-order valence-corrected chi connectivity index (χ1v) is 12.0. The van der Waals surface area contributed by atoms with Crippen LogP contribution in [0.5, 0.6) is 0 Å². The molecular formula is C18H26N4O2S2. The third-order valence-corrected chi connectivity index (χ3v) is 8.62. The van der Waals surface area contributed by atoms with Crippen molar-refractivity contribution in [2.75, 3.05) is 5.75 Å². The Balaban J connectivity index is 1.51. The van der Waals surface area contributed by atoms with Gasteiger partial charge >= 0.3 is 0 Å². The van der Waals surface area contributed by atoms with Gasteiger partial charge in [-0.3, -0.25) is 18.6 Å². The fraction of sp³-hybridized carbons (Fsp3) is 0.667. The highest BCUT2D eigenvalue weighted by atomic mass is 32.2. The molecule has 142 valence electrons. The molecule has 0 radical (unpaired) electrons. The molecule has 0 fully saturated rings. The molecule has 8 heteroatoms. The maximum absolute atomic E-state index is 13.0. The van der Waals surface area contributed by atoms with Crippen LogP contribution in [0.25, 0.3) is 0 Å². The fourth-order valence-corrected chi connectivity index (χ4v) is 7.04. The van der Waals surface area contributed by atoms with Crippen LogP contribution in [0.1, 0.15) is 73.7 Å². The molecule has 0 aromatic carbocycles. The summed E-state index contributed by atoms with van der Waals surface area (Å²) in [4.78, 5) is 0. The Morgan fingerprint density at radius 2 is 1.92 bits per heavy atom. The van der Waals surface area contributed by atoms with Gasteiger partial charge in [-0.1, -0.05) is 20.8 Å². The van der Waals surface area contributed by atoms with Crippen LogP contribution < -0.4 is 0 Å². The van der Waals surface area contributed by atoms with Crippen molar-refractivity contribution in [2.45, 2.75) is 74.3 Å². The summed E-state index contributed by atoms with van der Waals surface area (Å²) in [6, 6.07) is 0. The number of nitrogens with zero attached hydrogens (tertiary/aromatic N) is 2. The fourth-order valence-electron chi connectivity index (χ4n) is 4.20. The molecule has 0 aliphatic carbocycles. The van der Waals surface area contributed by atoms with Crippen molar-refractivity contribution in [3.05, 3.63) is 28.2 Å². The first kappa shape index (κ1) is 18.1. The van der Waals surface area contributed by atoms with E-state index in [1.54, 1.807) is 0 Å². The first-order valence-electron chi connectivity index (χ1n) is 9.34. The van der Waals surface area contributed by atoms with Crippen molar-refractivity contribution < 1.29 is 8.42 Å². The van der Waals surface area contributed by atoms with E-state index in [0.717, 1.165) is 53.5 Å². The Bertz CT molecular complexity index is 871. The molecular weight excluding hydrogens is 368 g/mol. The SMILES string of the molecule is CC(C)c1[nH]nc2c1CCC(CC(C)c1n[nH]c3c1CCS(=O)C3)S2=O. The molecule has 4 heterocycles. The summed E-state index contributed by atoms with van der Waals surface area (Å²) in [6.07, 6.45) is 3.55. The summed E-state index contributed by atoms with van der Waals surface area (Å²) in [7, 11) is -1.84. The Hall–Kier alpha value is -1.28. The second-order valence-electron chi connectivity index (χ2n) is 7.77. The van der Waals surface area contributed by atoms with Crippen molar-refractivity contribution in [3.8, 4) is 0 Å². The molecule has 2 N–H and O–H groups in total. The summed E-state index contributed by atoms with van der Waals surface area (Å²) >= 11 is 0. The van der Waals surface area contributed by atoms with Gasteiger partial charge in [0.2, 0.25) is 0 Å². The van der Waals surface area contributed by atoms with Crippen LogP contribution in [-0.2, 0) is 40.2 Å². The molecule has 6 nitrogen and oxygen atoms in total. The van der Waals surface area contributed by atoms with Crippen LogP contribution in [0.2, 0.25) is 0 Å². The number of rotatable bonds is 4. The number of H-pyrrole nitrogens is 2.